The Morgan fingerprint density at radius 2 is 1.56 bits per heavy atom. The Morgan fingerprint density at radius 1 is 0.767 bits per heavy atom. The summed E-state index contributed by atoms with van der Waals surface area (Å²) < 4.78 is 11.1. The summed E-state index contributed by atoms with van der Waals surface area (Å²) in [6.07, 6.45) is 6.02. The Kier molecular flexibility index (Phi) is 7.89. The van der Waals surface area contributed by atoms with E-state index in [1.54, 1.807) is 14.2 Å². The number of aromatic amines is 2. The standard InChI is InChI=1S/C37H44N4O2/c1-4-31-32-22-26(9-11-34(32)39-37(31)28-10-12-35(42-2)36(23-28)43-3)25-13-19-41(20-14-25)30-15-17-40(18-16-30)24-29-21-27-7-5-6-8-33(27)38-29/h5-12,21-23,25,30,38-39H,4,13-20,24H2,1-3H3. The van der Waals surface area contributed by atoms with E-state index in [2.05, 4.69) is 87.4 Å². The average Bonchev–Trinajstić information content (AvgIpc) is 3.65. The van der Waals surface area contributed by atoms with Gasteiger partial charge in [0, 0.05) is 59.0 Å². The van der Waals surface area contributed by atoms with E-state index in [0.29, 0.717) is 5.92 Å². The maximum absolute atomic E-state index is 5.59. The number of likely N-dealkylation sites (tertiary alicyclic amines) is 2. The third-order valence-corrected chi connectivity index (χ3v) is 10.0. The van der Waals surface area contributed by atoms with Crippen LogP contribution < -0.4 is 9.47 Å². The largest absolute Gasteiger partial charge is 0.493 e. The monoisotopic (exact) mass is 576 g/mol. The van der Waals surface area contributed by atoms with Crippen LogP contribution in [-0.4, -0.2) is 66.2 Å². The second-order valence-electron chi connectivity index (χ2n) is 12.4. The van der Waals surface area contributed by atoms with Gasteiger partial charge >= 0.3 is 0 Å². The Labute approximate surface area is 255 Å². The third-order valence-electron chi connectivity index (χ3n) is 10.0. The number of methoxy groups -OCH3 is 2. The number of hydrogen-bond acceptors (Lipinski definition) is 4. The fourth-order valence-electron chi connectivity index (χ4n) is 7.62. The van der Waals surface area contributed by atoms with E-state index >= 15 is 0 Å². The molecule has 0 atom stereocenters. The zero-order valence-corrected chi connectivity index (χ0v) is 25.8. The highest BCUT2D eigenvalue weighted by Gasteiger charge is 2.29. The molecule has 43 heavy (non-hydrogen) atoms. The summed E-state index contributed by atoms with van der Waals surface area (Å²) in [6.45, 7) is 8.07. The summed E-state index contributed by atoms with van der Waals surface area (Å²) in [4.78, 5) is 12.7. The summed E-state index contributed by atoms with van der Waals surface area (Å²) in [6, 6.07) is 24.9. The molecule has 2 saturated heterocycles. The van der Waals surface area contributed by atoms with Gasteiger partial charge in [0.1, 0.15) is 0 Å². The van der Waals surface area contributed by atoms with Gasteiger partial charge in [0.2, 0.25) is 0 Å². The van der Waals surface area contributed by atoms with E-state index in [0.717, 1.165) is 36.1 Å². The van der Waals surface area contributed by atoms with Gasteiger partial charge in [-0.3, -0.25) is 4.90 Å². The van der Waals surface area contributed by atoms with E-state index in [1.165, 1.54) is 96.2 Å². The molecule has 2 aliphatic heterocycles. The lowest BCUT2D eigenvalue weighted by molar-refractivity contribution is 0.0842. The van der Waals surface area contributed by atoms with Gasteiger partial charge in [-0.1, -0.05) is 31.2 Å². The molecule has 0 radical (unpaired) electrons. The molecule has 2 N–H and O–H groups in total. The van der Waals surface area contributed by atoms with Crippen LogP contribution in [0, 0.1) is 0 Å². The second-order valence-corrected chi connectivity index (χ2v) is 12.4. The average molecular weight is 577 g/mol. The molecule has 0 bridgehead atoms. The number of ether oxygens (including phenoxy) is 2. The first-order valence-electron chi connectivity index (χ1n) is 16.0. The molecule has 6 heteroatoms. The van der Waals surface area contributed by atoms with E-state index in [9.17, 15) is 0 Å². The van der Waals surface area contributed by atoms with Crippen molar-refractivity contribution in [1.29, 1.82) is 0 Å². The van der Waals surface area contributed by atoms with Crippen LogP contribution in [0.4, 0.5) is 0 Å². The summed E-state index contributed by atoms with van der Waals surface area (Å²) in [5.74, 6) is 2.14. The molecule has 6 nitrogen and oxygen atoms in total. The van der Waals surface area contributed by atoms with E-state index in [1.807, 2.05) is 6.07 Å². The van der Waals surface area contributed by atoms with Gasteiger partial charge in [-0.05, 0) is 110 Å². The van der Waals surface area contributed by atoms with Crippen LogP contribution in [0.25, 0.3) is 33.1 Å². The Bertz CT molecular complexity index is 1670. The summed E-state index contributed by atoms with van der Waals surface area (Å²) in [7, 11) is 3.38. The number of para-hydroxylation sites is 1. The highest BCUT2D eigenvalue weighted by Crippen LogP contribution is 2.38. The third kappa shape index (κ3) is 5.54. The number of piperidine rings is 2. The van der Waals surface area contributed by atoms with E-state index in [4.69, 9.17) is 9.47 Å². The van der Waals surface area contributed by atoms with Crippen LogP contribution in [0.2, 0.25) is 0 Å². The molecule has 3 aromatic carbocycles. The highest BCUT2D eigenvalue weighted by atomic mass is 16.5. The maximum Gasteiger partial charge on any atom is 0.161 e. The predicted molar refractivity (Wildman–Crippen MR) is 176 cm³/mol. The topological polar surface area (TPSA) is 56.5 Å². The molecule has 7 rings (SSSR count). The van der Waals surface area contributed by atoms with Crippen LogP contribution in [0.15, 0.2) is 66.7 Å². The smallest absolute Gasteiger partial charge is 0.161 e. The van der Waals surface area contributed by atoms with Gasteiger partial charge in [-0.2, -0.15) is 0 Å². The summed E-state index contributed by atoms with van der Waals surface area (Å²) >= 11 is 0. The minimum Gasteiger partial charge on any atom is -0.493 e. The number of nitrogens with one attached hydrogen (secondary N) is 2. The number of H-pyrrole nitrogens is 2. The summed E-state index contributed by atoms with van der Waals surface area (Å²) in [5, 5.41) is 2.67. The number of aromatic nitrogens is 2. The lowest BCUT2D eigenvalue weighted by Gasteiger charge is -2.42. The maximum atomic E-state index is 5.59. The van der Waals surface area contributed by atoms with Crippen molar-refractivity contribution in [2.45, 2.75) is 57.5 Å². The van der Waals surface area contributed by atoms with Crippen molar-refractivity contribution in [1.82, 2.24) is 19.8 Å². The van der Waals surface area contributed by atoms with Gasteiger partial charge in [-0.25, -0.2) is 0 Å². The lowest BCUT2D eigenvalue weighted by Crippen LogP contribution is -2.47. The number of benzene rings is 3. The minimum absolute atomic E-state index is 0.631. The normalized spacial score (nSPS) is 17.7. The number of fused-ring (bicyclic) bond motifs is 2. The quantitative estimate of drug-likeness (QED) is 0.198. The van der Waals surface area contributed by atoms with Crippen LogP contribution >= 0.6 is 0 Å². The molecule has 2 fully saturated rings. The van der Waals surface area contributed by atoms with Gasteiger partial charge in [0.25, 0.3) is 0 Å². The second kappa shape index (κ2) is 12.1. The molecule has 0 amide bonds. The van der Waals surface area contributed by atoms with E-state index < -0.39 is 0 Å². The minimum atomic E-state index is 0.631. The van der Waals surface area contributed by atoms with Crippen molar-refractivity contribution < 1.29 is 9.47 Å². The lowest BCUT2D eigenvalue weighted by atomic mass is 9.87. The molecule has 0 spiro atoms. The van der Waals surface area contributed by atoms with Crippen molar-refractivity contribution >= 4 is 21.8 Å². The molecule has 5 aromatic rings. The fourth-order valence-corrected chi connectivity index (χ4v) is 7.62. The van der Waals surface area contributed by atoms with Gasteiger partial charge < -0.3 is 24.3 Å². The molecular weight excluding hydrogens is 532 g/mol. The zero-order valence-electron chi connectivity index (χ0n) is 25.8. The molecule has 0 saturated carbocycles. The molecule has 2 aromatic heterocycles. The van der Waals surface area contributed by atoms with Crippen molar-refractivity contribution in [2.75, 3.05) is 40.4 Å². The number of hydrogen-bond donors (Lipinski definition) is 2. The van der Waals surface area contributed by atoms with Crippen LogP contribution in [0.3, 0.4) is 0 Å². The fraction of sp³-hybridized carbons (Fsp3) is 0.405. The molecule has 0 aliphatic carbocycles. The van der Waals surface area contributed by atoms with Crippen LogP contribution in [0.1, 0.15) is 55.3 Å². The van der Waals surface area contributed by atoms with Crippen molar-refractivity contribution in [3.05, 3.63) is 83.6 Å². The first kappa shape index (κ1) is 28.1. The van der Waals surface area contributed by atoms with E-state index in [-0.39, 0.29) is 0 Å². The molecule has 2 aliphatic rings. The van der Waals surface area contributed by atoms with Crippen molar-refractivity contribution in [2.24, 2.45) is 0 Å². The van der Waals surface area contributed by atoms with Gasteiger partial charge in [0.05, 0.1) is 14.2 Å². The van der Waals surface area contributed by atoms with Crippen molar-refractivity contribution in [3.63, 3.8) is 0 Å². The molecule has 4 heterocycles. The van der Waals surface area contributed by atoms with Crippen LogP contribution in [0.5, 0.6) is 11.5 Å². The molecule has 224 valence electrons. The first-order chi connectivity index (χ1) is 21.1. The van der Waals surface area contributed by atoms with Crippen molar-refractivity contribution in [3.8, 4) is 22.8 Å². The van der Waals surface area contributed by atoms with Crippen LogP contribution in [-0.2, 0) is 13.0 Å². The van der Waals surface area contributed by atoms with Gasteiger partial charge in [0.15, 0.2) is 11.5 Å². The zero-order chi connectivity index (χ0) is 29.3. The molecular formula is C37H44N4O2. The predicted octanol–water partition coefficient (Wildman–Crippen LogP) is 7.74. The SMILES string of the molecule is CCc1c(-c2ccc(OC)c(OC)c2)[nH]c2ccc(C3CCN(C4CCN(Cc5cc6ccccc6[nH]5)CC4)CC3)cc12. The van der Waals surface area contributed by atoms with Gasteiger partial charge in [-0.15, -0.1) is 0 Å². The highest BCUT2D eigenvalue weighted by molar-refractivity contribution is 5.91. The number of nitrogens with zero attached hydrogens (tertiary/aromatic N) is 2. The molecule has 0 unspecified atom stereocenters. The first-order valence-corrected chi connectivity index (χ1v) is 16.0. The Morgan fingerprint density at radius 3 is 2.30 bits per heavy atom. The number of rotatable bonds is 8. The Hall–Kier alpha value is -3.74. The Balaban J connectivity index is 0.984. The number of aryl methyl sites for hydroxylation is 1. The summed E-state index contributed by atoms with van der Waals surface area (Å²) in [5.41, 5.74) is 8.97.